The number of aliphatic hydroxyl groups excluding tert-OH is 1. The molecule has 5 aromatic rings. The number of β-amino-alcohol motifs (C(OH)–C–C–N with tert-alkyl or cyclic N) is 1. The Morgan fingerprint density at radius 1 is 0.848 bits per heavy atom. The second-order valence-electron chi connectivity index (χ2n) is 22.4. The number of alkyl halides is 3. The summed E-state index contributed by atoms with van der Waals surface area (Å²) in [6, 6.07) is 16.6. The zero-order chi connectivity index (χ0) is 57.3. The Morgan fingerprint density at radius 3 is 2.11 bits per heavy atom. The number of nitrogens with zero attached hydrogens (tertiary/aromatic N) is 4. The first-order chi connectivity index (χ1) is 37.4. The number of unbranched alkanes of at least 4 members (excludes halogenated alkanes) is 6. The molecule has 3 aromatic carbocycles. The number of nitrogens with one attached hydrogen (secondary N) is 3. The van der Waals surface area contributed by atoms with Crippen LogP contribution in [0, 0.1) is 24.1 Å². The van der Waals surface area contributed by atoms with E-state index in [2.05, 4.69) is 25.5 Å². The highest BCUT2D eigenvalue weighted by molar-refractivity contribution is 7.13. The fraction of sp³-hybridized carbons (Fsp3) is 0.483. The molecule has 0 bridgehead atoms. The Kier molecular flexibility index (Phi) is 19.9. The molecule has 2 aliphatic heterocycles. The zero-order valence-corrected chi connectivity index (χ0v) is 46.9. The summed E-state index contributed by atoms with van der Waals surface area (Å²) in [4.78, 5) is 92.8. The minimum Gasteiger partial charge on any atom is -0.391 e. The van der Waals surface area contributed by atoms with Gasteiger partial charge in [-0.25, -0.2) is 9.37 Å². The van der Waals surface area contributed by atoms with Gasteiger partial charge < -0.3 is 30.5 Å². The third-order valence-corrected chi connectivity index (χ3v) is 16.4. The van der Waals surface area contributed by atoms with Gasteiger partial charge in [-0.3, -0.25) is 33.7 Å². The number of hydrogen-bond donors (Lipinski definition) is 4. The number of carbonyl (C=O) groups excluding carboxylic acids is 5. The number of likely N-dealkylation sites (N-methyl/N-ethyl adjacent to an activating group) is 1. The third-order valence-electron chi connectivity index (χ3n) is 15.4. The van der Waals surface area contributed by atoms with Crippen LogP contribution in [0.25, 0.3) is 21.6 Å². The lowest BCUT2D eigenvalue weighted by Crippen LogP contribution is -2.55. The van der Waals surface area contributed by atoms with Crippen molar-refractivity contribution in [3.63, 3.8) is 0 Å². The second-order valence-corrected chi connectivity index (χ2v) is 23.3. The van der Waals surface area contributed by atoms with Crippen molar-refractivity contribution in [1.29, 1.82) is 0 Å². The van der Waals surface area contributed by atoms with Gasteiger partial charge in [0.05, 0.1) is 44.7 Å². The molecule has 0 unspecified atom stereocenters. The molecule has 3 amide bonds. The van der Waals surface area contributed by atoms with E-state index in [1.54, 1.807) is 29.0 Å². The predicted molar refractivity (Wildman–Crippen MR) is 299 cm³/mol. The molecule has 424 valence electrons. The molecular formula is C60H73F4N7O7S. The highest BCUT2D eigenvalue weighted by Gasteiger charge is 2.44. The summed E-state index contributed by atoms with van der Waals surface area (Å²) < 4.78 is 57.8. The number of aryl methyl sites for hydroxylation is 1. The van der Waals surface area contributed by atoms with E-state index in [1.165, 1.54) is 29.2 Å². The van der Waals surface area contributed by atoms with Gasteiger partial charge in [-0.2, -0.15) is 13.2 Å². The summed E-state index contributed by atoms with van der Waals surface area (Å²) in [6.07, 6.45) is 1.08. The molecule has 2 fully saturated rings. The Morgan fingerprint density at radius 2 is 1.49 bits per heavy atom. The van der Waals surface area contributed by atoms with Crippen molar-refractivity contribution in [3.8, 4) is 21.6 Å². The monoisotopic (exact) mass is 1110 g/mol. The minimum atomic E-state index is -4.98. The topological polar surface area (TPSA) is 185 Å². The van der Waals surface area contributed by atoms with Crippen LogP contribution in [0.2, 0.25) is 0 Å². The largest absolute Gasteiger partial charge is 0.417 e. The van der Waals surface area contributed by atoms with Crippen molar-refractivity contribution < 1.29 is 46.6 Å². The van der Waals surface area contributed by atoms with Gasteiger partial charge in [0.25, 0.3) is 5.91 Å². The molecule has 4 N–H and O–H groups in total. The number of anilines is 2. The van der Waals surface area contributed by atoms with Gasteiger partial charge in [0.15, 0.2) is 5.78 Å². The Bertz CT molecular complexity index is 3030. The summed E-state index contributed by atoms with van der Waals surface area (Å²) in [5, 5.41) is 16.2. The molecule has 19 heteroatoms. The molecule has 79 heavy (non-hydrogen) atoms. The molecule has 2 aliphatic rings. The van der Waals surface area contributed by atoms with Gasteiger partial charge in [-0.05, 0) is 81.0 Å². The van der Waals surface area contributed by atoms with E-state index in [4.69, 9.17) is 0 Å². The van der Waals surface area contributed by atoms with E-state index in [0.717, 1.165) is 60.0 Å². The number of thiazole rings is 1. The number of piperazine rings is 1. The van der Waals surface area contributed by atoms with Crippen LogP contribution in [0.4, 0.5) is 28.9 Å². The molecule has 7 rings (SSSR count). The van der Waals surface area contributed by atoms with E-state index in [-0.39, 0.29) is 84.6 Å². The van der Waals surface area contributed by atoms with Gasteiger partial charge in [0.1, 0.15) is 17.6 Å². The average Bonchev–Trinajstić information content (AvgIpc) is 4.07. The third kappa shape index (κ3) is 15.4. The lowest BCUT2D eigenvalue weighted by molar-refractivity contribution is -0.146. The number of aliphatic hydroxyl groups is 1. The first-order valence-corrected chi connectivity index (χ1v) is 28.1. The maximum absolute atomic E-state index is 15.9. The van der Waals surface area contributed by atoms with E-state index >= 15 is 4.39 Å². The van der Waals surface area contributed by atoms with Crippen LogP contribution in [0.3, 0.4) is 0 Å². The number of aromatic amines is 1. The molecular weight excluding hydrogens is 1040 g/mol. The lowest BCUT2D eigenvalue weighted by atomic mass is 9.76. The van der Waals surface area contributed by atoms with Crippen molar-refractivity contribution in [2.24, 2.45) is 11.3 Å². The molecule has 0 spiro atoms. The molecule has 14 nitrogen and oxygen atoms in total. The van der Waals surface area contributed by atoms with Crippen LogP contribution in [0.15, 0.2) is 83.2 Å². The molecule has 0 aliphatic carbocycles. The number of hydrogen-bond acceptors (Lipinski definition) is 11. The predicted octanol–water partition coefficient (Wildman–Crippen LogP) is 11.0. The van der Waals surface area contributed by atoms with Crippen LogP contribution < -0.4 is 21.1 Å². The van der Waals surface area contributed by atoms with Crippen molar-refractivity contribution in [3.05, 3.63) is 123 Å². The van der Waals surface area contributed by atoms with E-state index in [0.29, 0.717) is 49.7 Å². The SMILES string of the molecule is Cc1ncsc1-c1ccc(CNC(=O)[C@@H]2C[C@@H](O)CN2C(=O)[C@@H](CC(=O)CCCCCCCCCC(=O)c2ccc(-c3ccc(N4C[C@@H](C)N(C)[C@@H](C)C4)c(NC(=O)c4c[nH]c(=O)cc4C(F)(F)F)c3)c(F)c2)C(C)(C)C)cc1. The van der Waals surface area contributed by atoms with Crippen LogP contribution in [0.5, 0.6) is 0 Å². The number of ketones is 2. The van der Waals surface area contributed by atoms with Gasteiger partial charge >= 0.3 is 6.18 Å². The Labute approximate surface area is 463 Å². The fourth-order valence-electron chi connectivity index (χ4n) is 10.6. The van der Waals surface area contributed by atoms with Crippen molar-refractivity contribution >= 4 is 52.0 Å². The number of carbonyl (C=O) groups is 5. The van der Waals surface area contributed by atoms with E-state index in [1.807, 2.05) is 77.8 Å². The molecule has 2 aromatic heterocycles. The molecule has 0 radical (unpaired) electrons. The van der Waals surface area contributed by atoms with Crippen LogP contribution in [-0.4, -0.2) is 105 Å². The van der Waals surface area contributed by atoms with Crippen LogP contribution in [-0.2, 0) is 27.1 Å². The normalized spacial score (nSPS) is 18.4. The molecule has 4 heterocycles. The smallest absolute Gasteiger partial charge is 0.391 e. The second kappa shape index (κ2) is 26.1. The van der Waals surface area contributed by atoms with E-state index < -0.39 is 58.1 Å². The van der Waals surface area contributed by atoms with Gasteiger partial charge in [-0.1, -0.05) is 95.3 Å². The van der Waals surface area contributed by atoms with Crippen molar-refractivity contribution in [2.45, 2.75) is 149 Å². The average molecular weight is 1110 g/mol. The Balaban J connectivity index is 0.855. The summed E-state index contributed by atoms with van der Waals surface area (Å²) in [6.45, 7) is 13.1. The zero-order valence-electron chi connectivity index (χ0n) is 46.1. The van der Waals surface area contributed by atoms with Crippen LogP contribution >= 0.6 is 11.3 Å². The number of halogens is 4. The molecule has 2 saturated heterocycles. The number of benzene rings is 3. The van der Waals surface area contributed by atoms with Gasteiger partial charge in [0, 0.05) is 93.3 Å². The van der Waals surface area contributed by atoms with Crippen LogP contribution in [0.1, 0.15) is 143 Å². The highest BCUT2D eigenvalue weighted by Crippen LogP contribution is 2.38. The molecule has 0 saturated carbocycles. The maximum Gasteiger partial charge on any atom is 0.417 e. The number of H-pyrrole nitrogens is 1. The summed E-state index contributed by atoms with van der Waals surface area (Å²) in [7, 11) is 2.00. The summed E-state index contributed by atoms with van der Waals surface area (Å²) in [5.74, 6) is -3.38. The summed E-state index contributed by atoms with van der Waals surface area (Å²) in [5.41, 5.74) is 2.25. The standard InChI is InChI=1S/C60H73F4N7O7S/c1-36-32-70(33-37(2)69(36)7)51-24-22-41(26-50(51)68-56(76)46-31-65-54(75)29-47(46)60(62,63)64)45-23-21-42(25-49(45)61)53(74)16-14-12-10-8-9-11-13-15-43(72)27-48(59(4,5)6)58(78)71-34-44(73)28-52(71)57(77)66-30-39-17-19-40(20-18-39)55-38(3)67-35-79-55/h17-26,29,31,35-37,44,48,52,73H,8-16,27-28,30,32-34H2,1-7H3,(H,65,75)(H,66,77)(H,68,76)/t36-,37+,44-,48-,52+/m1/s1. The van der Waals surface area contributed by atoms with Gasteiger partial charge in [0.2, 0.25) is 17.4 Å². The maximum atomic E-state index is 15.9. The number of Topliss-reactive ketones (excluding diaryl/α,β-unsaturated/α-hetero) is 2. The lowest BCUT2D eigenvalue weighted by Gasteiger charge is -2.44. The highest BCUT2D eigenvalue weighted by atomic mass is 32.1. The van der Waals surface area contributed by atoms with Crippen molar-refractivity contribution in [1.82, 2.24) is 25.1 Å². The van der Waals surface area contributed by atoms with Crippen molar-refractivity contribution in [2.75, 3.05) is 36.9 Å². The van der Waals surface area contributed by atoms with E-state index in [9.17, 15) is 47.0 Å². The number of likely N-dealkylation sites (tertiary alicyclic amines) is 1. The number of rotatable bonds is 22. The van der Waals surface area contributed by atoms with Gasteiger partial charge in [-0.15, -0.1) is 11.3 Å². The number of pyridine rings is 1. The number of amides is 3. The minimum absolute atomic E-state index is 0.0206. The molecule has 5 atom stereocenters. The first kappa shape index (κ1) is 60.1. The Hall–Kier alpha value is -6.57. The number of aromatic nitrogens is 2. The fourth-order valence-corrected chi connectivity index (χ4v) is 11.4. The first-order valence-electron chi connectivity index (χ1n) is 27.2. The summed E-state index contributed by atoms with van der Waals surface area (Å²) >= 11 is 1.56. The quantitative estimate of drug-likeness (QED) is 0.0295.